The summed E-state index contributed by atoms with van der Waals surface area (Å²) < 4.78 is 11.8. The molecule has 4 aromatic carbocycles. The van der Waals surface area contributed by atoms with Crippen LogP contribution in [0.2, 0.25) is 0 Å². The molecule has 7 heteroatoms. The largest absolute Gasteiger partial charge is 0.489 e. The van der Waals surface area contributed by atoms with Gasteiger partial charge < -0.3 is 15.2 Å². The molecule has 0 spiro atoms. The fourth-order valence-corrected chi connectivity index (χ4v) is 4.50. The number of unbranched alkanes of at least 4 members (excludes halogenated alkanes) is 1. The van der Waals surface area contributed by atoms with Gasteiger partial charge in [0.05, 0.1) is 6.17 Å². The molecular weight excluding hydrogens is 578 g/mol. The highest BCUT2D eigenvalue weighted by molar-refractivity contribution is 8.93. The molecule has 0 aliphatic carbocycles. The molecule has 41 heavy (non-hydrogen) atoms. The molecule has 0 fully saturated rings. The Morgan fingerprint density at radius 2 is 1.27 bits per heavy atom. The highest BCUT2D eigenvalue weighted by Crippen LogP contribution is 2.23. The van der Waals surface area contributed by atoms with Crippen molar-refractivity contribution >= 4 is 28.7 Å². The van der Waals surface area contributed by atoms with Gasteiger partial charge in [-0.1, -0.05) is 92.6 Å². The van der Waals surface area contributed by atoms with Crippen molar-refractivity contribution < 1.29 is 14.3 Å². The Bertz CT molecular complexity index is 1290. The first-order chi connectivity index (χ1) is 19.6. The van der Waals surface area contributed by atoms with Crippen LogP contribution in [0.15, 0.2) is 109 Å². The van der Waals surface area contributed by atoms with Crippen LogP contribution in [0.5, 0.6) is 11.5 Å². The molecule has 0 aliphatic heterocycles. The second kappa shape index (κ2) is 17.1. The summed E-state index contributed by atoms with van der Waals surface area (Å²) in [5.74, 6) is 1.59. The Hall–Kier alpha value is -3.81. The molecule has 0 radical (unpaired) electrons. The Balaban J connectivity index is 0.00000462. The topological polar surface area (TPSA) is 76.8 Å². The first-order valence-corrected chi connectivity index (χ1v) is 14.0. The number of amides is 2. The summed E-state index contributed by atoms with van der Waals surface area (Å²) in [5.41, 5.74) is 10.1. The number of carbonyl (C=O) groups excluding carboxylic acids is 1. The van der Waals surface area contributed by atoms with Crippen LogP contribution in [0.1, 0.15) is 42.9 Å². The zero-order valence-corrected chi connectivity index (χ0v) is 25.3. The van der Waals surface area contributed by atoms with E-state index in [1.165, 1.54) is 5.56 Å². The molecule has 4 aromatic rings. The monoisotopic (exact) mass is 617 g/mol. The van der Waals surface area contributed by atoms with E-state index in [0.717, 1.165) is 54.0 Å². The van der Waals surface area contributed by atoms with Crippen LogP contribution >= 0.6 is 17.0 Å². The molecule has 216 valence electrons. The lowest BCUT2D eigenvalue weighted by molar-refractivity contribution is 0.249. The Morgan fingerprint density at radius 3 is 1.76 bits per heavy atom. The molecule has 1 atom stereocenters. The smallest absolute Gasteiger partial charge is 0.320 e. The summed E-state index contributed by atoms with van der Waals surface area (Å²) in [5, 5.41) is 3.57. The van der Waals surface area contributed by atoms with Gasteiger partial charge in [0.25, 0.3) is 0 Å². The van der Waals surface area contributed by atoms with E-state index in [4.69, 9.17) is 15.2 Å². The highest BCUT2D eigenvalue weighted by atomic mass is 79.9. The van der Waals surface area contributed by atoms with Gasteiger partial charge in [-0.05, 0) is 65.9 Å². The van der Waals surface area contributed by atoms with Crippen LogP contribution in [-0.2, 0) is 19.6 Å². The molecule has 0 aliphatic rings. The number of nitrogens with zero attached hydrogens (tertiary/aromatic N) is 1. The number of ether oxygens (including phenoxy) is 2. The number of carbonyl (C=O) groups is 1. The molecule has 1 unspecified atom stereocenters. The predicted octanol–water partition coefficient (Wildman–Crippen LogP) is 7.66. The molecule has 0 saturated carbocycles. The van der Waals surface area contributed by atoms with Crippen LogP contribution in [0.3, 0.4) is 0 Å². The molecule has 3 N–H and O–H groups in total. The lowest BCUT2D eigenvalue weighted by atomic mass is 10.1. The lowest BCUT2D eigenvalue weighted by Crippen LogP contribution is -2.51. The number of nitrogens with one attached hydrogen (secondary N) is 1. The number of anilines is 1. The number of benzene rings is 4. The number of halogens is 1. The number of hydrogen-bond donors (Lipinski definition) is 2. The highest BCUT2D eigenvalue weighted by Gasteiger charge is 2.23. The maximum Gasteiger partial charge on any atom is 0.320 e. The minimum atomic E-state index is -0.480. The third kappa shape index (κ3) is 10.3. The van der Waals surface area contributed by atoms with E-state index in [1.807, 2.05) is 84.9 Å². The summed E-state index contributed by atoms with van der Waals surface area (Å²) >= 11 is 0. The summed E-state index contributed by atoms with van der Waals surface area (Å²) in [6, 6.07) is 35.4. The van der Waals surface area contributed by atoms with Gasteiger partial charge in [0, 0.05) is 12.2 Å². The maximum atomic E-state index is 12.6. The maximum absolute atomic E-state index is 12.6. The van der Waals surface area contributed by atoms with E-state index in [-0.39, 0.29) is 23.1 Å². The Labute approximate surface area is 254 Å². The van der Waals surface area contributed by atoms with Gasteiger partial charge in [0.1, 0.15) is 24.7 Å². The number of urea groups is 1. The van der Waals surface area contributed by atoms with Gasteiger partial charge in [0.2, 0.25) is 0 Å². The van der Waals surface area contributed by atoms with E-state index in [0.29, 0.717) is 19.8 Å². The molecule has 0 heterocycles. The fraction of sp³-hybridized carbons (Fsp3) is 0.265. The van der Waals surface area contributed by atoms with Crippen molar-refractivity contribution in [3.8, 4) is 11.5 Å². The van der Waals surface area contributed by atoms with Gasteiger partial charge in [0.15, 0.2) is 0 Å². The van der Waals surface area contributed by atoms with Crippen molar-refractivity contribution in [1.29, 1.82) is 0 Å². The van der Waals surface area contributed by atoms with Crippen LogP contribution < -0.4 is 25.4 Å². The van der Waals surface area contributed by atoms with E-state index < -0.39 is 6.03 Å². The van der Waals surface area contributed by atoms with E-state index in [9.17, 15) is 4.79 Å². The normalized spacial score (nSPS) is 11.2. The van der Waals surface area contributed by atoms with E-state index in [1.54, 1.807) is 4.90 Å². The number of nitrogens with two attached hydrogens (primary N) is 1. The summed E-state index contributed by atoms with van der Waals surface area (Å²) in [6.07, 6.45) is 3.43. The zero-order valence-electron chi connectivity index (χ0n) is 23.6. The van der Waals surface area contributed by atoms with Crippen molar-refractivity contribution in [1.82, 2.24) is 5.32 Å². The SMILES string of the molecule is Br.CCCCC(NCCc1ccc(OCc2ccccc2)cc1)N(C(N)=O)c1ccc(OCc2ccccc2)cc1. The standard InChI is InChI=1S/C34H39N3O3.BrH/c1-2-3-14-33(36-24-23-27-15-19-31(20-16-27)39-25-28-10-6-4-7-11-28)37(34(35)38)30-17-21-32(22-18-30)40-26-29-12-8-5-9-13-29;/h4-13,15-22,33,36H,2-3,14,23-26H2,1H3,(H2,35,38);1H. The number of primary amides is 1. The third-order valence-electron chi connectivity index (χ3n) is 6.71. The van der Waals surface area contributed by atoms with Crippen molar-refractivity contribution in [2.24, 2.45) is 5.73 Å². The van der Waals surface area contributed by atoms with E-state index >= 15 is 0 Å². The fourth-order valence-electron chi connectivity index (χ4n) is 4.50. The molecule has 2 amide bonds. The molecule has 6 nitrogen and oxygen atoms in total. The second-order valence-corrected chi connectivity index (χ2v) is 9.76. The quantitative estimate of drug-likeness (QED) is 0.134. The van der Waals surface area contributed by atoms with Crippen LogP contribution in [0.25, 0.3) is 0 Å². The van der Waals surface area contributed by atoms with Crippen LogP contribution in [0, 0.1) is 0 Å². The minimum Gasteiger partial charge on any atom is -0.489 e. The van der Waals surface area contributed by atoms with Crippen LogP contribution in [0.4, 0.5) is 10.5 Å². The van der Waals surface area contributed by atoms with Gasteiger partial charge >= 0.3 is 6.03 Å². The van der Waals surface area contributed by atoms with Crippen LogP contribution in [-0.4, -0.2) is 18.7 Å². The average Bonchev–Trinajstić information content (AvgIpc) is 3.00. The molecule has 0 aromatic heterocycles. The Morgan fingerprint density at radius 1 is 0.756 bits per heavy atom. The first-order valence-electron chi connectivity index (χ1n) is 14.0. The first kappa shape index (κ1) is 31.7. The van der Waals surface area contributed by atoms with E-state index in [2.05, 4.69) is 36.5 Å². The van der Waals surface area contributed by atoms with Crippen molar-refractivity contribution in [2.75, 3.05) is 11.4 Å². The summed E-state index contributed by atoms with van der Waals surface area (Å²) in [7, 11) is 0. The minimum absolute atomic E-state index is 0. The van der Waals surface area contributed by atoms with Crippen molar-refractivity contribution in [3.63, 3.8) is 0 Å². The third-order valence-corrected chi connectivity index (χ3v) is 6.71. The molecule has 0 saturated heterocycles. The summed E-state index contributed by atoms with van der Waals surface area (Å²) in [4.78, 5) is 14.2. The summed E-state index contributed by atoms with van der Waals surface area (Å²) in [6.45, 7) is 3.89. The van der Waals surface area contributed by atoms with Gasteiger partial charge in [-0.2, -0.15) is 0 Å². The predicted molar refractivity (Wildman–Crippen MR) is 172 cm³/mol. The van der Waals surface area contributed by atoms with Gasteiger partial charge in [-0.3, -0.25) is 10.2 Å². The molecule has 0 bridgehead atoms. The van der Waals surface area contributed by atoms with Gasteiger partial charge in [-0.15, -0.1) is 17.0 Å². The molecule has 4 rings (SSSR count). The van der Waals surface area contributed by atoms with Gasteiger partial charge in [-0.25, -0.2) is 4.79 Å². The van der Waals surface area contributed by atoms with Crippen molar-refractivity contribution in [3.05, 3.63) is 126 Å². The van der Waals surface area contributed by atoms with Crippen molar-refractivity contribution in [2.45, 2.75) is 52.0 Å². The lowest BCUT2D eigenvalue weighted by Gasteiger charge is -2.31. The Kier molecular flexibility index (Phi) is 13.2. The average molecular weight is 619 g/mol. The molecular formula is C34H40BrN3O3. The second-order valence-electron chi connectivity index (χ2n) is 9.76. The zero-order chi connectivity index (χ0) is 28.0. The number of hydrogen-bond acceptors (Lipinski definition) is 4. The number of rotatable bonds is 15.